The Labute approximate surface area is 162 Å². The lowest BCUT2D eigenvalue weighted by Crippen LogP contribution is -3.09. The van der Waals surface area contributed by atoms with Crippen molar-refractivity contribution in [1.29, 1.82) is 0 Å². The van der Waals surface area contributed by atoms with Gasteiger partial charge in [0.2, 0.25) is 0 Å². The molecule has 26 heavy (non-hydrogen) atoms. The first-order valence-electron chi connectivity index (χ1n) is 8.26. The summed E-state index contributed by atoms with van der Waals surface area (Å²) in [7, 11) is 1.94. The molecule has 3 rings (SSSR count). The SMILES string of the molecule is C[NH+](Cc1ccccc1)CN1C(=O)N[C@](C)(c2ccc(Cl)cc2Cl)C1=O. The van der Waals surface area contributed by atoms with E-state index in [1.807, 2.05) is 37.4 Å². The van der Waals surface area contributed by atoms with Gasteiger partial charge in [0.1, 0.15) is 12.1 Å². The zero-order valence-corrected chi connectivity index (χ0v) is 16.1. The molecule has 1 unspecified atom stereocenters. The Morgan fingerprint density at radius 1 is 1.12 bits per heavy atom. The molecule has 2 N–H and O–H groups in total. The van der Waals surface area contributed by atoms with Gasteiger partial charge in [0, 0.05) is 21.2 Å². The standard InChI is InChI=1S/C19H19Cl2N3O2/c1-19(15-9-8-14(20)10-16(15)21)17(25)24(18(26)22-19)12-23(2)11-13-6-4-3-5-7-13/h3-10H,11-12H2,1-2H3,(H,22,26)/p+1/t19-/m1/s1. The van der Waals surface area contributed by atoms with E-state index in [4.69, 9.17) is 23.2 Å². The first-order valence-corrected chi connectivity index (χ1v) is 9.01. The molecule has 2 aromatic carbocycles. The number of hydrogen-bond donors (Lipinski definition) is 2. The summed E-state index contributed by atoms with van der Waals surface area (Å²) in [6, 6.07) is 14.4. The van der Waals surface area contributed by atoms with Crippen LogP contribution in [-0.2, 0) is 16.9 Å². The van der Waals surface area contributed by atoms with Gasteiger partial charge in [-0.2, -0.15) is 0 Å². The number of benzene rings is 2. The van der Waals surface area contributed by atoms with Crippen molar-refractivity contribution in [3.63, 3.8) is 0 Å². The monoisotopic (exact) mass is 392 g/mol. The molecule has 0 aliphatic carbocycles. The highest BCUT2D eigenvalue weighted by Crippen LogP contribution is 2.34. The Morgan fingerprint density at radius 3 is 2.46 bits per heavy atom. The normalized spacial score (nSPS) is 21.0. The molecule has 2 atom stereocenters. The number of quaternary nitrogens is 1. The van der Waals surface area contributed by atoms with Crippen LogP contribution in [0.3, 0.4) is 0 Å². The predicted molar refractivity (Wildman–Crippen MR) is 101 cm³/mol. The minimum Gasteiger partial charge on any atom is -0.319 e. The van der Waals surface area contributed by atoms with E-state index in [-0.39, 0.29) is 12.6 Å². The number of nitrogens with zero attached hydrogens (tertiary/aromatic N) is 1. The summed E-state index contributed by atoms with van der Waals surface area (Å²) in [5.74, 6) is -0.320. The zero-order valence-electron chi connectivity index (χ0n) is 14.6. The van der Waals surface area contributed by atoms with E-state index in [1.165, 1.54) is 4.90 Å². The molecule has 1 saturated heterocycles. The summed E-state index contributed by atoms with van der Waals surface area (Å²) < 4.78 is 0. The summed E-state index contributed by atoms with van der Waals surface area (Å²) in [5.41, 5.74) is 0.469. The molecule has 7 heteroatoms. The molecule has 2 aromatic rings. The second kappa shape index (κ2) is 7.27. The third-order valence-corrected chi connectivity index (χ3v) is 5.07. The largest absolute Gasteiger partial charge is 0.329 e. The van der Waals surface area contributed by atoms with Crippen LogP contribution < -0.4 is 10.2 Å². The van der Waals surface area contributed by atoms with Gasteiger partial charge < -0.3 is 10.2 Å². The number of nitrogens with one attached hydrogen (secondary N) is 2. The Bertz CT molecular complexity index is 844. The molecule has 5 nitrogen and oxygen atoms in total. The second-order valence-corrected chi connectivity index (χ2v) is 7.53. The molecule has 1 fully saturated rings. The number of rotatable bonds is 5. The molecule has 0 saturated carbocycles. The summed E-state index contributed by atoms with van der Waals surface area (Å²) in [5, 5.41) is 3.60. The van der Waals surface area contributed by atoms with Crippen LogP contribution in [0.1, 0.15) is 18.1 Å². The third-order valence-electron chi connectivity index (χ3n) is 4.52. The highest BCUT2D eigenvalue weighted by atomic mass is 35.5. The van der Waals surface area contributed by atoms with Gasteiger partial charge >= 0.3 is 6.03 Å². The van der Waals surface area contributed by atoms with Gasteiger partial charge in [0.25, 0.3) is 5.91 Å². The summed E-state index contributed by atoms with van der Waals surface area (Å²) in [6.45, 7) is 2.63. The molecular weight excluding hydrogens is 373 g/mol. The first-order chi connectivity index (χ1) is 12.3. The summed E-state index contributed by atoms with van der Waals surface area (Å²) in [4.78, 5) is 27.7. The highest BCUT2D eigenvalue weighted by molar-refractivity contribution is 6.35. The van der Waals surface area contributed by atoms with E-state index in [9.17, 15) is 9.59 Å². The van der Waals surface area contributed by atoms with E-state index in [0.29, 0.717) is 22.2 Å². The molecule has 0 aromatic heterocycles. The average molecular weight is 393 g/mol. The maximum Gasteiger partial charge on any atom is 0.329 e. The van der Waals surface area contributed by atoms with Gasteiger partial charge in [-0.1, -0.05) is 59.6 Å². The van der Waals surface area contributed by atoms with Crippen LogP contribution in [0.25, 0.3) is 0 Å². The number of amides is 3. The molecule has 136 valence electrons. The Kier molecular flexibility index (Phi) is 5.23. The van der Waals surface area contributed by atoms with Gasteiger partial charge in [-0.3, -0.25) is 4.79 Å². The van der Waals surface area contributed by atoms with Crippen molar-refractivity contribution in [3.8, 4) is 0 Å². The lowest BCUT2D eigenvalue weighted by molar-refractivity contribution is -0.901. The molecule has 1 aliphatic rings. The maximum absolute atomic E-state index is 13.0. The van der Waals surface area contributed by atoms with Crippen molar-refractivity contribution in [2.45, 2.75) is 19.0 Å². The van der Waals surface area contributed by atoms with Crippen LogP contribution in [0.5, 0.6) is 0 Å². The van der Waals surface area contributed by atoms with Gasteiger partial charge in [0.15, 0.2) is 6.67 Å². The fourth-order valence-corrected chi connectivity index (χ4v) is 3.79. The molecule has 0 spiro atoms. The number of hydrogen-bond acceptors (Lipinski definition) is 2. The Morgan fingerprint density at radius 2 is 1.81 bits per heavy atom. The van der Waals surface area contributed by atoms with Crippen molar-refractivity contribution >= 4 is 35.1 Å². The third kappa shape index (κ3) is 3.56. The molecule has 0 bridgehead atoms. The smallest absolute Gasteiger partial charge is 0.319 e. The zero-order chi connectivity index (χ0) is 18.9. The van der Waals surface area contributed by atoms with E-state index >= 15 is 0 Å². The van der Waals surface area contributed by atoms with Crippen LogP contribution in [0.15, 0.2) is 48.5 Å². The summed E-state index contributed by atoms with van der Waals surface area (Å²) in [6.07, 6.45) is 0. The van der Waals surface area contributed by atoms with Crippen molar-refractivity contribution in [2.24, 2.45) is 0 Å². The molecular formula is C19H20Cl2N3O2+. The molecule has 3 amide bonds. The minimum atomic E-state index is -1.20. The maximum atomic E-state index is 13.0. The van der Waals surface area contributed by atoms with Gasteiger partial charge in [0.05, 0.1) is 7.05 Å². The van der Waals surface area contributed by atoms with Gasteiger partial charge in [-0.25, -0.2) is 9.69 Å². The number of urea groups is 1. The van der Waals surface area contributed by atoms with Crippen LogP contribution in [0, 0.1) is 0 Å². The quantitative estimate of drug-likeness (QED) is 0.767. The van der Waals surface area contributed by atoms with E-state index in [0.717, 1.165) is 10.5 Å². The van der Waals surface area contributed by atoms with Crippen molar-refractivity contribution in [3.05, 3.63) is 69.7 Å². The van der Waals surface area contributed by atoms with E-state index in [2.05, 4.69) is 5.32 Å². The average Bonchev–Trinajstić information content (AvgIpc) is 2.79. The topological polar surface area (TPSA) is 53.9 Å². The molecule has 0 radical (unpaired) electrons. The van der Waals surface area contributed by atoms with Crippen molar-refractivity contribution in [1.82, 2.24) is 10.2 Å². The predicted octanol–water partition coefficient (Wildman–Crippen LogP) is 2.43. The van der Waals surface area contributed by atoms with E-state index in [1.54, 1.807) is 25.1 Å². The van der Waals surface area contributed by atoms with Gasteiger partial charge in [-0.15, -0.1) is 0 Å². The number of carbonyl (C=O) groups is 2. The van der Waals surface area contributed by atoms with Crippen LogP contribution in [0.4, 0.5) is 4.79 Å². The highest BCUT2D eigenvalue weighted by Gasteiger charge is 2.50. The lowest BCUT2D eigenvalue weighted by atomic mass is 9.92. The number of imide groups is 1. The number of halogens is 2. The van der Waals surface area contributed by atoms with Crippen molar-refractivity contribution in [2.75, 3.05) is 13.7 Å². The lowest BCUT2D eigenvalue weighted by Gasteiger charge is -2.24. The van der Waals surface area contributed by atoms with Gasteiger partial charge in [-0.05, 0) is 19.1 Å². The fourth-order valence-electron chi connectivity index (χ4n) is 3.19. The molecule has 1 aliphatic heterocycles. The van der Waals surface area contributed by atoms with Crippen LogP contribution in [0.2, 0.25) is 10.0 Å². The van der Waals surface area contributed by atoms with Crippen molar-refractivity contribution < 1.29 is 14.5 Å². The van der Waals surface area contributed by atoms with E-state index < -0.39 is 11.6 Å². The minimum absolute atomic E-state index is 0.264. The van der Waals surface area contributed by atoms with Crippen LogP contribution in [-0.4, -0.2) is 30.6 Å². The Balaban J connectivity index is 1.78. The Hall–Kier alpha value is -2.08. The summed E-state index contributed by atoms with van der Waals surface area (Å²) >= 11 is 12.2. The second-order valence-electron chi connectivity index (χ2n) is 6.69. The first kappa shape index (κ1) is 18.7. The van der Waals surface area contributed by atoms with Crippen LogP contribution >= 0.6 is 23.2 Å². The fraction of sp³-hybridized carbons (Fsp3) is 0.263. The number of carbonyl (C=O) groups excluding carboxylic acids is 2. The molecule has 1 heterocycles.